The maximum Gasteiger partial charge on any atom is 0.221 e. The van der Waals surface area contributed by atoms with Gasteiger partial charge in [-0.2, -0.15) is 0 Å². The largest absolute Gasteiger partial charge is 0.495 e. The third-order valence-corrected chi connectivity index (χ3v) is 5.19. The normalized spacial score (nSPS) is 16.3. The summed E-state index contributed by atoms with van der Waals surface area (Å²) in [5.74, 6) is 1.27. The molecule has 3 rings (SSSR count). The maximum atomic E-state index is 11.4. The molecule has 3 N–H and O–H groups in total. The first-order chi connectivity index (χ1) is 14.5. The smallest absolute Gasteiger partial charge is 0.221 e. The van der Waals surface area contributed by atoms with E-state index in [0.29, 0.717) is 24.0 Å². The number of rotatable bonds is 6. The lowest BCUT2D eigenvalue weighted by Gasteiger charge is -2.20. The van der Waals surface area contributed by atoms with Crippen LogP contribution >= 0.6 is 0 Å². The van der Waals surface area contributed by atoms with Gasteiger partial charge in [0.05, 0.1) is 12.8 Å². The third kappa shape index (κ3) is 5.65. The van der Waals surface area contributed by atoms with Crippen molar-refractivity contribution in [2.45, 2.75) is 32.9 Å². The summed E-state index contributed by atoms with van der Waals surface area (Å²) in [5.41, 5.74) is 4.22. The summed E-state index contributed by atoms with van der Waals surface area (Å²) >= 11 is 0. The molecule has 1 saturated heterocycles. The Morgan fingerprint density at radius 3 is 2.67 bits per heavy atom. The summed E-state index contributed by atoms with van der Waals surface area (Å²) in [7, 11) is 3.37. The molecule has 0 spiro atoms. The number of methoxy groups -OCH3 is 1. The van der Waals surface area contributed by atoms with Crippen molar-refractivity contribution in [3.63, 3.8) is 0 Å². The molecule has 0 bridgehead atoms. The molecule has 0 aromatic heterocycles. The number of aliphatic imine (C=N–C) groups is 1. The molecule has 1 aliphatic rings. The number of hydrogen-bond donors (Lipinski definition) is 3. The minimum atomic E-state index is -0.129. The van der Waals surface area contributed by atoms with Gasteiger partial charge in [-0.25, -0.2) is 0 Å². The summed E-state index contributed by atoms with van der Waals surface area (Å²) in [5, 5.41) is 9.68. The van der Waals surface area contributed by atoms with Gasteiger partial charge in [-0.15, -0.1) is 0 Å². The zero-order valence-corrected chi connectivity index (χ0v) is 18.2. The fraction of sp³-hybridized carbons (Fsp3) is 0.391. The molecule has 1 heterocycles. The van der Waals surface area contributed by atoms with Gasteiger partial charge in [0.25, 0.3) is 0 Å². The number of ether oxygens (including phenoxy) is 1. The molecule has 7 heteroatoms. The lowest BCUT2D eigenvalue weighted by molar-refractivity contribution is -0.114. The Bertz CT molecular complexity index is 895. The van der Waals surface area contributed by atoms with Crippen molar-refractivity contribution in [2.75, 3.05) is 37.5 Å². The first kappa shape index (κ1) is 21.5. The number of nitrogens with one attached hydrogen (secondary N) is 3. The van der Waals surface area contributed by atoms with Crippen molar-refractivity contribution in [3.05, 3.63) is 53.6 Å². The predicted octanol–water partition coefficient (Wildman–Crippen LogP) is 2.91. The van der Waals surface area contributed by atoms with Gasteiger partial charge in [0.1, 0.15) is 5.75 Å². The molecule has 2 aromatic rings. The molecule has 1 fully saturated rings. The van der Waals surface area contributed by atoms with Gasteiger partial charge in [-0.1, -0.05) is 23.8 Å². The predicted molar refractivity (Wildman–Crippen MR) is 122 cm³/mol. The highest BCUT2D eigenvalue weighted by Gasteiger charge is 2.23. The number of amides is 1. The molecule has 0 radical (unpaired) electrons. The molecular weight excluding hydrogens is 378 g/mol. The Balaban J connectivity index is 1.55. The Hall–Kier alpha value is -3.22. The number of nitrogens with zero attached hydrogens (tertiary/aromatic N) is 2. The average Bonchev–Trinajstić information content (AvgIpc) is 3.20. The topological polar surface area (TPSA) is 78.0 Å². The van der Waals surface area contributed by atoms with Crippen LogP contribution in [0.1, 0.15) is 24.5 Å². The first-order valence-electron chi connectivity index (χ1n) is 10.2. The number of aryl methyl sites for hydroxylation is 1. The second kappa shape index (κ2) is 10.0. The molecule has 0 aliphatic carbocycles. The lowest BCUT2D eigenvalue weighted by atomic mass is 10.2. The van der Waals surface area contributed by atoms with Crippen LogP contribution in [0.2, 0.25) is 0 Å². The van der Waals surface area contributed by atoms with E-state index in [2.05, 4.69) is 57.0 Å². The van der Waals surface area contributed by atoms with Crippen molar-refractivity contribution < 1.29 is 9.53 Å². The SMILES string of the molecule is CN=C(NCc1ccc(OC)c(NC(C)=O)c1)NC1CCN(c2ccc(C)cc2)C1. The Morgan fingerprint density at radius 2 is 2.00 bits per heavy atom. The molecule has 30 heavy (non-hydrogen) atoms. The Morgan fingerprint density at radius 1 is 1.23 bits per heavy atom. The maximum absolute atomic E-state index is 11.4. The average molecular weight is 410 g/mol. The molecule has 160 valence electrons. The highest BCUT2D eigenvalue weighted by atomic mass is 16.5. The van der Waals surface area contributed by atoms with E-state index in [1.54, 1.807) is 14.2 Å². The van der Waals surface area contributed by atoms with Crippen molar-refractivity contribution in [1.82, 2.24) is 10.6 Å². The summed E-state index contributed by atoms with van der Waals surface area (Å²) in [4.78, 5) is 18.2. The highest BCUT2D eigenvalue weighted by molar-refractivity contribution is 5.90. The summed E-state index contributed by atoms with van der Waals surface area (Å²) in [6, 6.07) is 14.7. The van der Waals surface area contributed by atoms with Crippen LogP contribution in [0.5, 0.6) is 5.75 Å². The van der Waals surface area contributed by atoms with Crippen LogP contribution < -0.4 is 25.6 Å². The van der Waals surface area contributed by atoms with E-state index in [1.807, 2.05) is 18.2 Å². The summed E-state index contributed by atoms with van der Waals surface area (Å²) in [6.45, 7) is 6.15. The monoisotopic (exact) mass is 409 g/mol. The minimum absolute atomic E-state index is 0.129. The summed E-state index contributed by atoms with van der Waals surface area (Å²) < 4.78 is 5.31. The van der Waals surface area contributed by atoms with Crippen LogP contribution in [-0.2, 0) is 11.3 Å². The van der Waals surface area contributed by atoms with Crippen LogP contribution in [0, 0.1) is 6.92 Å². The molecule has 1 unspecified atom stereocenters. The molecule has 7 nitrogen and oxygen atoms in total. The van der Waals surface area contributed by atoms with Crippen LogP contribution in [0.3, 0.4) is 0 Å². The minimum Gasteiger partial charge on any atom is -0.495 e. The van der Waals surface area contributed by atoms with E-state index < -0.39 is 0 Å². The summed E-state index contributed by atoms with van der Waals surface area (Å²) in [6.07, 6.45) is 1.06. The van der Waals surface area contributed by atoms with Gasteiger partial charge < -0.3 is 25.6 Å². The van der Waals surface area contributed by atoms with Gasteiger partial charge in [0.15, 0.2) is 5.96 Å². The van der Waals surface area contributed by atoms with Crippen molar-refractivity contribution in [3.8, 4) is 5.75 Å². The van der Waals surface area contributed by atoms with Crippen LogP contribution in [0.4, 0.5) is 11.4 Å². The van der Waals surface area contributed by atoms with Gasteiger partial charge >= 0.3 is 0 Å². The first-order valence-corrected chi connectivity index (χ1v) is 10.2. The fourth-order valence-corrected chi connectivity index (χ4v) is 3.59. The van der Waals surface area contributed by atoms with Gasteiger partial charge in [0.2, 0.25) is 5.91 Å². The zero-order valence-electron chi connectivity index (χ0n) is 18.2. The second-order valence-corrected chi connectivity index (χ2v) is 7.55. The Kier molecular flexibility index (Phi) is 7.17. The van der Waals surface area contributed by atoms with Crippen LogP contribution in [0.15, 0.2) is 47.5 Å². The quantitative estimate of drug-likeness (QED) is 0.505. The van der Waals surface area contributed by atoms with E-state index in [0.717, 1.165) is 31.0 Å². The Labute approximate surface area is 178 Å². The van der Waals surface area contributed by atoms with E-state index in [9.17, 15) is 4.79 Å². The second-order valence-electron chi connectivity index (χ2n) is 7.55. The molecular formula is C23H31N5O2. The number of anilines is 2. The molecule has 1 aliphatic heterocycles. The number of carbonyl (C=O) groups excluding carboxylic acids is 1. The fourth-order valence-electron chi connectivity index (χ4n) is 3.59. The van der Waals surface area contributed by atoms with E-state index >= 15 is 0 Å². The van der Waals surface area contributed by atoms with Gasteiger partial charge in [0, 0.05) is 45.3 Å². The van der Waals surface area contributed by atoms with Gasteiger partial charge in [-0.05, 0) is 43.2 Å². The number of guanidine groups is 1. The standard InChI is InChI=1S/C23H31N5O2/c1-16-5-8-20(9-6-16)28-12-11-19(15-28)27-23(24-3)25-14-18-7-10-22(30-4)21(13-18)26-17(2)29/h5-10,13,19H,11-12,14-15H2,1-4H3,(H,26,29)(H2,24,25,27). The van der Waals surface area contributed by atoms with Crippen LogP contribution in [0.25, 0.3) is 0 Å². The number of benzene rings is 2. The molecule has 1 amide bonds. The highest BCUT2D eigenvalue weighted by Crippen LogP contribution is 2.25. The van der Waals surface area contributed by atoms with Gasteiger partial charge in [-0.3, -0.25) is 9.79 Å². The zero-order chi connectivity index (χ0) is 21.5. The lowest BCUT2D eigenvalue weighted by Crippen LogP contribution is -2.44. The number of hydrogen-bond acceptors (Lipinski definition) is 4. The van der Waals surface area contributed by atoms with Crippen LogP contribution in [-0.4, -0.2) is 45.2 Å². The molecule has 0 saturated carbocycles. The van der Waals surface area contributed by atoms with E-state index in [4.69, 9.17) is 4.74 Å². The van der Waals surface area contributed by atoms with E-state index in [-0.39, 0.29) is 5.91 Å². The molecule has 2 aromatic carbocycles. The molecule has 1 atom stereocenters. The van der Waals surface area contributed by atoms with Crippen molar-refractivity contribution in [1.29, 1.82) is 0 Å². The van der Waals surface area contributed by atoms with E-state index in [1.165, 1.54) is 18.2 Å². The van der Waals surface area contributed by atoms with Crippen molar-refractivity contribution in [2.24, 2.45) is 4.99 Å². The third-order valence-electron chi connectivity index (χ3n) is 5.19. The number of carbonyl (C=O) groups is 1. The van der Waals surface area contributed by atoms with Crippen molar-refractivity contribution >= 4 is 23.2 Å².